The molecule has 1 heterocycles. The topological polar surface area (TPSA) is 33.4 Å². The molecule has 2 unspecified atom stereocenters. The van der Waals surface area contributed by atoms with Crippen molar-refractivity contribution in [3.8, 4) is 0 Å². The molecule has 3 heteroatoms. The van der Waals surface area contributed by atoms with Crippen molar-refractivity contribution >= 4 is 11.0 Å². The van der Waals surface area contributed by atoms with Crippen molar-refractivity contribution in [2.75, 3.05) is 0 Å². The van der Waals surface area contributed by atoms with Crippen LogP contribution in [0.4, 0.5) is 4.39 Å². The minimum absolute atomic E-state index is 0.227. The molecule has 0 spiro atoms. The maximum absolute atomic E-state index is 13.5. The molecular weight excluding hydrogens is 219 g/mol. The lowest BCUT2D eigenvalue weighted by atomic mass is 9.86. The zero-order valence-electron chi connectivity index (χ0n) is 9.53. The first-order chi connectivity index (χ1) is 8.24. The highest BCUT2D eigenvalue weighted by atomic mass is 19.1. The van der Waals surface area contributed by atoms with Gasteiger partial charge in [-0.15, -0.1) is 0 Å². The number of aliphatic hydroxyl groups is 1. The Kier molecular flexibility index (Phi) is 2.63. The van der Waals surface area contributed by atoms with Crippen LogP contribution < -0.4 is 0 Å². The molecule has 1 aliphatic carbocycles. The first-order valence-corrected chi connectivity index (χ1v) is 6.10. The molecule has 0 bridgehead atoms. The van der Waals surface area contributed by atoms with Crippen molar-refractivity contribution in [3.05, 3.63) is 35.8 Å². The summed E-state index contributed by atoms with van der Waals surface area (Å²) in [5.41, 5.74) is 0.336. The number of fused-ring (bicyclic) bond motifs is 1. The summed E-state index contributed by atoms with van der Waals surface area (Å²) < 4.78 is 19.1. The Balaban J connectivity index is 1.97. The van der Waals surface area contributed by atoms with E-state index in [2.05, 4.69) is 0 Å². The normalized spacial score (nSPS) is 25.3. The van der Waals surface area contributed by atoms with Crippen molar-refractivity contribution in [2.45, 2.75) is 37.7 Å². The van der Waals surface area contributed by atoms with Gasteiger partial charge in [-0.2, -0.15) is 0 Å². The van der Waals surface area contributed by atoms with Crippen molar-refractivity contribution in [2.24, 2.45) is 0 Å². The predicted octanol–water partition coefficient (Wildman–Crippen LogP) is 3.59. The maximum atomic E-state index is 13.5. The van der Waals surface area contributed by atoms with Gasteiger partial charge in [0.25, 0.3) is 0 Å². The zero-order chi connectivity index (χ0) is 11.8. The average molecular weight is 234 g/mol. The van der Waals surface area contributed by atoms with E-state index in [9.17, 15) is 9.50 Å². The van der Waals surface area contributed by atoms with Gasteiger partial charge < -0.3 is 9.52 Å². The number of hydrogen-bond acceptors (Lipinski definition) is 2. The van der Waals surface area contributed by atoms with Gasteiger partial charge in [-0.05, 0) is 31.4 Å². The highest BCUT2D eigenvalue weighted by Crippen LogP contribution is 2.36. The van der Waals surface area contributed by atoms with Crippen LogP contribution in [0, 0.1) is 5.82 Å². The molecule has 0 aliphatic heterocycles. The molecule has 3 rings (SSSR count). The zero-order valence-corrected chi connectivity index (χ0v) is 9.53. The summed E-state index contributed by atoms with van der Waals surface area (Å²) in [5.74, 6) is 0.722. The van der Waals surface area contributed by atoms with E-state index in [1.54, 1.807) is 6.07 Å². The largest absolute Gasteiger partial charge is 0.458 e. The summed E-state index contributed by atoms with van der Waals surface area (Å²) in [6.45, 7) is 0. The Morgan fingerprint density at radius 3 is 2.94 bits per heavy atom. The van der Waals surface area contributed by atoms with E-state index in [0.29, 0.717) is 5.58 Å². The molecule has 1 saturated carbocycles. The molecular formula is C14H15FO2. The van der Waals surface area contributed by atoms with Gasteiger partial charge in [0, 0.05) is 11.3 Å². The second-order valence-electron chi connectivity index (χ2n) is 4.82. The Morgan fingerprint density at radius 2 is 2.18 bits per heavy atom. The van der Waals surface area contributed by atoms with Crippen molar-refractivity contribution in [1.29, 1.82) is 0 Å². The summed E-state index contributed by atoms with van der Waals surface area (Å²) in [6, 6.07) is 6.85. The summed E-state index contributed by atoms with van der Waals surface area (Å²) in [7, 11) is 0. The monoisotopic (exact) mass is 234 g/mol. The van der Waals surface area contributed by atoms with Gasteiger partial charge >= 0.3 is 0 Å². The fourth-order valence-corrected chi connectivity index (χ4v) is 2.67. The highest BCUT2D eigenvalue weighted by Gasteiger charge is 2.24. The Hall–Kier alpha value is -1.35. The van der Waals surface area contributed by atoms with E-state index in [0.717, 1.165) is 36.8 Å². The molecule has 2 aromatic rings. The first kappa shape index (κ1) is 10.8. The minimum Gasteiger partial charge on any atom is -0.458 e. The van der Waals surface area contributed by atoms with Crippen LogP contribution in [-0.2, 0) is 0 Å². The SMILES string of the molecule is OC1CCCC(c2cc3cccc(F)c3o2)C1. The third-order valence-electron chi connectivity index (χ3n) is 3.56. The van der Waals surface area contributed by atoms with Crippen LogP contribution in [0.5, 0.6) is 0 Å². The van der Waals surface area contributed by atoms with Crippen LogP contribution in [0.1, 0.15) is 37.4 Å². The van der Waals surface area contributed by atoms with Crippen molar-refractivity contribution < 1.29 is 13.9 Å². The number of halogens is 1. The lowest BCUT2D eigenvalue weighted by molar-refractivity contribution is 0.115. The van der Waals surface area contributed by atoms with Crippen LogP contribution in [0.3, 0.4) is 0 Å². The predicted molar refractivity (Wildman–Crippen MR) is 63.4 cm³/mol. The molecule has 0 radical (unpaired) electrons. The standard InChI is InChI=1S/C14H15FO2/c15-12-6-2-4-10-8-13(17-14(10)12)9-3-1-5-11(16)7-9/h2,4,6,8-9,11,16H,1,3,5,7H2. The summed E-state index contributed by atoms with van der Waals surface area (Å²) in [4.78, 5) is 0. The van der Waals surface area contributed by atoms with Gasteiger partial charge in [0.05, 0.1) is 6.10 Å². The van der Waals surface area contributed by atoms with Crippen LogP contribution in [0.2, 0.25) is 0 Å². The Morgan fingerprint density at radius 1 is 1.29 bits per heavy atom. The lowest BCUT2D eigenvalue weighted by Crippen LogP contribution is -2.17. The van der Waals surface area contributed by atoms with E-state index >= 15 is 0 Å². The van der Waals surface area contributed by atoms with Gasteiger partial charge in [-0.3, -0.25) is 0 Å². The third kappa shape index (κ3) is 1.95. The number of aliphatic hydroxyl groups excluding tert-OH is 1. The summed E-state index contributed by atoms with van der Waals surface area (Å²) >= 11 is 0. The molecule has 0 amide bonds. The molecule has 1 N–H and O–H groups in total. The molecule has 17 heavy (non-hydrogen) atoms. The van der Waals surface area contributed by atoms with Crippen molar-refractivity contribution in [3.63, 3.8) is 0 Å². The average Bonchev–Trinajstić information content (AvgIpc) is 2.74. The quantitative estimate of drug-likeness (QED) is 0.818. The highest BCUT2D eigenvalue weighted by molar-refractivity contribution is 5.78. The lowest BCUT2D eigenvalue weighted by Gasteiger charge is -2.23. The van der Waals surface area contributed by atoms with Crippen molar-refractivity contribution in [1.82, 2.24) is 0 Å². The molecule has 2 atom stereocenters. The van der Waals surface area contributed by atoms with E-state index in [1.165, 1.54) is 6.07 Å². The van der Waals surface area contributed by atoms with Crippen LogP contribution in [-0.4, -0.2) is 11.2 Å². The van der Waals surface area contributed by atoms with Crippen LogP contribution >= 0.6 is 0 Å². The third-order valence-corrected chi connectivity index (χ3v) is 3.56. The number of hydrogen-bond donors (Lipinski definition) is 1. The molecule has 1 aromatic heterocycles. The molecule has 1 aromatic carbocycles. The second kappa shape index (κ2) is 4.15. The van der Waals surface area contributed by atoms with E-state index < -0.39 is 0 Å². The number of benzene rings is 1. The number of furan rings is 1. The van der Waals surface area contributed by atoms with Crippen LogP contribution in [0.15, 0.2) is 28.7 Å². The minimum atomic E-state index is -0.315. The summed E-state index contributed by atoms with van der Waals surface area (Å²) in [6.07, 6.45) is 3.36. The number of para-hydroxylation sites is 1. The fraction of sp³-hybridized carbons (Fsp3) is 0.429. The molecule has 1 aliphatic rings. The Bertz CT molecular complexity index is 532. The maximum Gasteiger partial charge on any atom is 0.169 e. The fourth-order valence-electron chi connectivity index (χ4n) is 2.67. The van der Waals surface area contributed by atoms with Gasteiger partial charge in [-0.1, -0.05) is 18.6 Å². The summed E-state index contributed by atoms with van der Waals surface area (Å²) in [5, 5.41) is 10.5. The van der Waals surface area contributed by atoms with E-state index in [1.807, 2.05) is 12.1 Å². The molecule has 0 saturated heterocycles. The van der Waals surface area contributed by atoms with Crippen LogP contribution in [0.25, 0.3) is 11.0 Å². The van der Waals surface area contributed by atoms with Gasteiger partial charge in [-0.25, -0.2) is 4.39 Å². The molecule has 2 nitrogen and oxygen atoms in total. The second-order valence-corrected chi connectivity index (χ2v) is 4.82. The first-order valence-electron chi connectivity index (χ1n) is 6.10. The number of rotatable bonds is 1. The molecule has 90 valence electrons. The van der Waals surface area contributed by atoms with E-state index in [4.69, 9.17) is 4.42 Å². The van der Waals surface area contributed by atoms with Gasteiger partial charge in [0.15, 0.2) is 11.4 Å². The smallest absolute Gasteiger partial charge is 0.169 e. The van der Waals surface area contributed by atoms with E-state index in [-0.39, 0.29) is 17.8 Å². The Labute approximate surface area is 99.1 Å². The molecule has 1 fully saturated rings. The van der Waals surface area contributed by atoms with Gasteiger partial charge in [0.1, 0.15) is 5.76 Å². The van der Waals surface area contributed by atoms with Gasteiger partial charge in [0.2, 0.25) is 0 Å².